The first-order chi connectivity index (χ1) is 7.63. The molecule has 0 amide bonds. The molecule has 0 aliphatic carbocycles. The number of benzene rings is 1. The summed E-state index contributed by atoms with van der Waals surface area (Å²) in [6.07, 6.45) is 0.983. The molecule has 0 saturated heterocycles. The normalized spacial score (nSPS) is 13.0. The lowest BCUT2D eigenvalue weighted by Gasteiger charge is -2.21. The van der Waals surface area contributed by atoms with Crippen LogP contribution in [0.2, 0.25) is 0 Å². The molecule has 0 saturated carbocycles. The van der Waals surface area contributed by atoms with Crippen LogP contribution in [0.25, 0.3) is 0 Å². The minimum atomic E-state index is 0.310. The van der Waals surface area contributed by atoms with Crippen LogP contribution in [-0.4, -0.2) is 17.0 Å². The van der Waals surface area contributed by atoms with Crippen LogP contribution in [0.15, 0.2) is 24.3 Å². The van der Waals surface area contributed by atoms with Gasteiger partial charge in [0.25, 0.3) is 0 Å². The molecule has 1 aromatic rings. The van der Waals surface area contributed by atoms with Crippen LogP contribution in [0, 0.1) is 5.92 Å². The molecule has 16 heavy (non-hydrogen) atoms. The van der Waals surface area contributed by atoms with Crippen molar-refractivity contribution in [3.8, 4) is 5.75 Å². The van der Waals surface area contributed by atoms with Crippen molar-refractivity contribution < 1.29 is 5.11 Å². The van der Waals surface area contributed by atoms with Crippen molar-refractivity contribution in [3.63, 3.8) is 0 Å². The maximum atomic E-state index is 9.17. The van der Waals surface area contributed by atoms with E-state index in [1.807, 2.05) is 12.1 Å². The van der Waals surface area contributed by atoms with Crippen molar-refractivity contribution in [1.29, 1.82) is 0 Å². The van der Waals surface area contributed by atoms with Gasteiger partial charge < -0.3 is 10.4 Å². The zero-order valence-corrected chi connectivity index (χ0v) is 10.7. The quantitative estimate of drug-likeness (QED) is 0.750. The molecule has 1 rings (SSSR count). The Bertz CT molecular complexity index is 297. The summed E-state index contributed by atoms with van der Waals surface area (Å²) in [7, 11) is 0. The summed E-state index contributed by atoms with van der Waals surface area (Å²) in [5.41, 5.74) is 1.18. The number of alkyl halides is 1. The first kappa shape index (κ1) is 13.3. The second-order valence-corrected chi connectivity index (χ2v) is 4.75. The summed E-state index contributed by atoms with van der Waals surface area (Å²) in [4.78, 5) is 0. The maximum Gasteiger partial charge on any atom is 0.115 e. The molecule has 3 heteroatoms. The number of hydrogen-bond donors (Lipinski definition) is 2. The SMILES string of the molecule is CC(C)C(CCCl)NCc1ccc(O)cc1. The van der Waals surface area contributed by atoms with E-state index >= 15 is 0 Å². The van der Waals surface area contributed by atoms with Gasteiger partial charge in [0.05, 0.1) is 0 Å². The topological polar surface area (TPSA) is 32.3 Å². The van der Waals surface area contributed by atoms with Gasteiger partial charge in [0, 0.05) is 18.5 Å². The van der Waals surface area contributed by atoms with E-state index in [1.165, 1.54) is 5.56 Å². The van der Waals surface area contributed by atoms with Gasteiger partial charge in [-0.15, -0.1) is 11.6 Å². The summed E-state index contributed by atoms with van der Waals surface area (Å²) < 4.78 is 0. The molecule has 2 N–H and O–H groups in total. The summed E-state index contributed by atoms with van der Waals surface area (Å²) in [5, 5.41) is 12.7. The van der Waals surface area contributed by atoms with E-state index in [2.05, 4.69) is 19.2 Å². The summed E-state index contributed by atoms with van der Waals surface area (Å²) in [5.74, 6) is 1.58. The van der Waals surface area contributed by atoms with Crippen molar-refractivity contribution in [2.75, 3.05) is 5.88 Å². The molecule has 2 nitrogen and oxygen atoms in total. The predicted octanol–water partition coefficient (Wildman–Crippen LogP) is 3.14. The largest absolute Gasteiger partial charge is 0.508 e. The maximum absolute atomic E-state index is 9.17. The highest BCUT2D eigenvalue weighted by molar-refractivity contribution is 6.17. The van der Waals surface area contributed by atoms with E-state index in [0.29, 0.717) is 23.6 Å². The van der Waals surface area contributed by atoms with Crippen LogP contribution in [0.1, 0.15) is 25.8 Å². The highest BCUT2D eigenvalue weighted by Gasteiger charge is 2.11. The fourth-order valence-corrected chi connectivity index (χ4v) is 1.89. The van der Waals surface area contributed by atoms with Gasteiger partial charge in [-0.1, -0.05) is 26.0 Å². The minimum Gasteiger partial charge on any atom is -0.508 e. The molecular weight excluding hydrogens is 222 g/mol. The molecule has 90 valence electrons. The average molecular weight is 242 g/mol. The molecule has 1 unspecified atom stereocenters. The first-order valence-electron chi connectivity index (χ1n) is 5.70. The van der Waals surface area contributed by atoms with Crippen LogP contribution < -0.4 is 5.32 Å². The first-order valence-corrected chi connectivity index (χ1v) is 6.24. The van der Waals surface area contributed by atoms with Crippen molar-refractivity contribution in [3.05, 3.63) is 29.8 Å². The lowest BCUT2D eigenvalue weighted by Crippen LogP contribution is -2.33. The van der Waals surface area contributed by atoms with Crippen LogP contribution >= 0.6 is 11.6 Å². The van der Waals surface area contributed by atoms with Crippen LogP contribution in [-0.2, 0) is 6.54 Å². The number of hydrogen-bond acceptors (Lipinski definition) is 2. The second kappa shape index (κ2) is 6.77. The number of halogens is 1. The van der Waals surface area contributed by atoms with Crippen molar-refractivity contribution in [2.45, 2.75) is 32.9 Å². The monoisotopic (exact) mass is 241 g/mol. The molecule has 0 fully saturated rings. The lowest BCUT2D eigenvalue weighted by atomic mass is 10.0. The third kappa shape index (κ3) is 4.42. The molecule has 0 heterocycles. The molecule has 1 atom stereocenters. The lowest BCUT2D eigenvalue weighted by molar-refractivity contribution is 0.389. The third-order valence-corrected chi connectivity index (χ3v) is 2.95. The van der Waals surface area contributed by atoms with Crippen LogP contribution in [0.3, 0.4) is 0 Å². The van der Waals surface area contributed by atoms with E-state index in [4.69, 9.17) is 16.7 Å². The van der Waals surface area contributed by atoms with Gasteiger partial charge >= 0.3 is 0 Å². The number of nitrogens with one attached hydrogen (secondary N) is 1. The molecule has 1 aromatic carbocycles. The second-order valence-electron chi connectivity index (χ2n) is 4.38. The summed E-state index contributed by atoms with van der Waals surface area (Å²) in [6, 6.07) is 7.73. The highest BCUT2D eigenvalue weighted by Crippen LogP contribution is 2.11. The summed E-state index contributed by atoms with van der Waals surface area (Å²) in [6.45, 7) is 5.21. The third-order valence-electron chi connectivity index (χ3n) is 2.73. The van der Waals surface area contributed by atoms with Gasteiger partial charge in [0.15, 0.2) is 0 Å². The Morgan fingerprint density at radius 1 is 1.25 bits per heavy atom. The molecule has 0 aliphatic rings. The Hall–Kier alpha value is -0.730. The van der Waals surface area contributed by atoms with E-state index < -0.39 is 0 Å². The predicted molar refractivity (Wildman–Crippen MR) is 68.9 cm³/mol. The molecular formula is C13H20ClNO. The number of aromatic hydroxyl groups is 1. The Labute approximate surface area is 103 Å². The minimum absolute atomic E-state index is 0.310. The van der Waals surface area contributed by atoms with Crippen molar-refractivity contribution in [1.82, 2.24) is 5.32 Å². The van der Waals surface area contributed by atoms with Gasteiger partial charge in [0.1, 0.15) is 5.75 Å². The van der Waals surface area contributed by atoms with Gasteiger partial charge in [-0.05, 0) is 30.0 Å². The standard InChI is InChI=1S/C13H20ClNO/c1-10(2)13(7-8-14)15-9-11-3-5-12(16)6-4-11/h3-6,10,13,15-16H,7-9H2,1-2H3. The fourth-order valence-electron chi connectivity index (χ4n) is 1.65. The van der Waals surface area contributed by atoms with E-state index in [-0.39, 0.29) is 0 Å². The molecule has 0 bridgehead atoms. The zero-order valence-electron chi connectivity index (χ0n) is 9.91. The van der Waals surface area contributed by atoms with Crippen molar-refractivity contribution >= 4 is 11.6 Å². The van der Waals surface area contributed by atoms with Crippen molar-refractivity contribution in [2.24, 2.45) is 5.92 Å². The highest BCUT2D eigenvalue weighted by atomic mass is 35.5. The van der Waals surface area contributed by atoms with Gasteiger partial charge in [-0.25, -0.2) is 0 Å². The number of phenols is 1. The van der Waals surface area contributed by atoms with Gasteiger partial charge in [-0.2, -0.15) is 0 Å². The van der Waals surface area contributed by atoms with Crippen LogP contribution in [0.4, 0.5) is 0 Å². The zero-order chi connectivity index (χ0) is 12.0. The molecule has 0 spiro atoms. The fraction of sp³-hybridized carbons (Fsp3) is 0.538. The van der Waals surface area contributed by atoms with E-state index in [0.717, 1.165) is 13.0 Å². The molecule has 0 aromatic heterocycles. The molecule has 0 aliphatic heterocycles. The average Bonchev–Trinajstić information content (AvgIpc) is 2.26. The molecule has 0 radical (unpaired) electrons. The number of rotatable bonds is 6. The van der Waals surface area contributed by atoms with Gasteiger partial charge in [0.2, 0.25) is 0 Å². The Morgan fingerprint density at radius 2 is 1.88 bits per heavy atom. The Balaban J connectivity index is 2.45. The smallest absolute Gasteiger partial charge is 0.115 e. The van der Waals surface area contributed by atoms with E-state index in [9.17, 15) is 0 Å². The number of phenolic OH excluding ortho intramolecular Hbond substituents is 1. The van der Waals surface area contributed by atoms with E-state index in [1.54, 1.807) is 12.1 Å². The van der Waals surface area contributed by atoms with Gasteiger partial charge in [-0.3, -0.25) is 0 Å². The Morgan fingerprint density at radius 3 is 2.38 bits per heavy atom. The van der Waals surface area contributed by atoms with Crippen LogP contribution in [0.5, 0.6) is 5.75 Å². The summed E-state index contributed by atoms with van der Waals surface area (Å²) >= 11 is 5.77. The Kier molecular flexibility index (Phi) is 5.64.